The highest BCUT2D eigenvalue weighted by Crippen LogP contribution is 2.33. The Morgan fingerprint density at radius 2 is 2.14 bits per heavy atom. The molecule has 3 heterocycles. The van der Waals surface area contributed by atoms with Crippen molar-refractivity contribution in [3.05, 3.63) is 36.3 Å². The molecule has 1 N–H and O–H groups in total. The Labute approximate surface area is 129 Å². The number of imidazole rings is 1. The predicted molar refractivity (Wildman–Crippen MR) is 81.9 cm³/mol. The van der Waals surface area contributed by atoms with Gasteiger partial charge in [-0.25, -0.2) is 9.97 Å². The van der Waals surface area contributed by atoms with Gasteiger partial charge in [0.15, 0.2) is 0 Å². The molecule has 2 aromatic heterocycles. The van der Waals surface area contributed by atoms with Crippen molar-refractivity contribution in [3.63, 3.8) is 0 Å². The van der Waals surface area contributed by atoms with E-state index in [4.69, 9.17) is 0 Å². The molecule has 0 saturated carbocycles. The van der Waals surface area contributed by atoms with E-state index in [2.05, 4.69) is 20.3 Å². The minimum Gasteiger partial charge on any atom is -0.361 e. The second-order valence-electron chi connectivity index (χ2n) is 5.47. The highest BCUT2D eigenvalue weighted by atomic mass is 16.2. The SMILES string of the molecule is CC(=O)N1CCCC1c1nccnc1NCc1nccn1C. The van der Waals surface area contributed by atoms with Gasteiger partial charge in [-0.3, -0.25) is 9.78 Å². The first kappa shape index (κ1) is 14.5. The number of aryl methyl sites for hydroxylation is 1. The fourth-order valence-corrected chi connectivity index (χ4v) is 2.89. The first-order chi connectivity index (χ1) is 10.7. The van der Waals surface area contributed by atoms with Gasteiger partial charge in [0.05, 0.1) is 12.6 Å². The summed E-state index contributed by atoms with van der Waals surface area (Å²) in [6.07, 6.45) is 8.94. The van der Waals surface area contributed by atoms with Gasteiger partial charge in [-0.1, -0.05) is 0 Å². The van der Waals surface area contributed by atoms with Gasteiger partial charge in [0.25, 0.3) is 0 Å². The number of amides is 1. The number of aromatic nitrogens is 4. The molecule has 22 heavy (non-hydrogen) atoms. The molecule has 7 heteroatoms. The summed E-state index contributed by atoms with van der Waals surface area (Å²) in [4.78, 5) is 26.8. The molecular formula is C15H20N6O. The Bertz CT molecular complexity index is 668. The molecule has 2 aromatic rings. The number of hydrogen-bond acceptors (Lipinski definition) is 5. The molecule has 0 aliphatic carbocycles. The first-order valence-corrected chi connectivity index (χ1v) is 7.45. The molecule has 1 saturated heterocycles. The zero-order valence-electron chi connectivity index (χ0n) is 12.9. The van der Waals surface area contributed by atoms with Gasteiger partial charge in [0, 0.05) is 45.3 Å². The molecule has 3 rings (SSSR count). The number of carbonyl (C=O) groups is 1. The molecule has 1 fully saturated rings. The van der Waals surface area contributed by atoms with E-state index in [0.717, 1.165) is 36.7 Å². The van der Waals surface area contributed by atoms with Crippen LogP contribution in [-0.4, -0.2) is 36.9 Å². The monoisotopic (exact) mass is 300 g/mol. The number of anilines is 1. The lowest BCUT2D eigenvalue weighted by atomic mass is 10.1. The molecule has 1 atom stereocenters. The maximum atomic E-state index is 11.8. The molecule has 116 valence electrons. The first-order valence-electron chi connectivity index (χ1n) is 7.45. The Balaban J connectivity index is 1.81. The van der Waals surface area contributed by atoms with Crippen molar-refractivity contribution in [2.24, 2.45) is 7.05 Å². The molecule has 7 nitrogen and oxygen atoms in total. The van der Waals surface area contributed by atoms with Gasteiger partial charge in [-0.05, 0) is 12.8 Å². The van der Waals surface area contributed by atoms with E-state index in [1.54, 1.807) is 25.5 Å². The van der Waals surface area contributed by atoms with Gasteiger partial charge in [0.2, 0.25) is 5.91 Å². The summed E-state index contributed by atoms with van der Waals surface area (Å²) in [5.74, 6) is 1.73. The van der Waals surface area contributed by atoms with Crippen LogP contribution in [0, 0.1) is 0 Å². The van der Waals surface area contributed by atoms with Crippen LogP contribution in [0.4, 0.5) is 5.82 Å². The molecule has 1 unspecified atom stereocenters. The number of carbonyl (C=O) groups excluding carboxylic acids is 1. The quantitative estimate of drug-likeness (QED) is 0.926. The normalized spacial score (nSPS) is 17.7. The van der Waals surface area contributed by atoms with Crippen LogP contribution in [-0.2, 0) is 18.4 Å². The molecule has 0 bridgehead atoms. The van der Waals surface area contributed by atoms with Gasteiger partial charge in [-0.15, -0.1) is 0 Å². The van der Waals surface area contributed by atoms with Gasteiger partial charge < -0.3 is 14.8 Å². The number of hydrogen-bond donors (Lipinski definition) is 1. The van der Waals surface area contributed by atoms with Crippen LogP contribution in [0.25, 0.3) is 0 Å². The lowest BCUT2D eigenvalue weighted by Gasteiger charge is -2.24. The summed E-state index contributed by atoms with van der Waals surface area (Å²) in [5, 5.41) is 3.30. The average molecular weight is 300 g/mol. The highest BCUT2D eigenvalue weighted by Gasteiger charge is 2.31. The Hall–Kier alpha value is -2.44. The van der Waals surface area contributed by atoms with Crippen LogP contribution in [0.3, 0.4) is 0 Å². The summed E-state index contributed by atoms with van der Waals surface area (Å²) < 4.78 is 1.96. The van der Waals surface area contributed by atoms with Crippen LogP contribution < -0.4 is 5.32 Å². The highest BCUT2D eigenvalue weighted by molar-refractivity contribution is 5.74. The standard InChI is InChI=1S/C15H20N6O/c1-11(22)21-8-3-4-12(21)14-15(18-6-5-17-14)19-10-13-16-7-9-20(13)2/h5-7,9,12H,3-4,8,10H2,1-2H3,(H,18,19). The van der Waals surface area contributed by atoms with Crippen molar-refractivity contribution >= 4 is 11.7 Å². The van der Waals surface area contributed by atoms with E-state index < -0.39 is 0 Å². The van der Waals surface area contributed by atoms with Gasteiger partial charge >= 0.3 is 0 Å². The summed E-state index contributed by atoms with van der Waals surface area (Å²) in [6, 6.07) is 0.00933. The van der Waals surface area contributed by atoms with Crippen molar-refractivity contribution in [1.82, 2.24) is 24.4 Å². The third-order valence-corrected chi connectivity index (χ3v) is 4.03. The zero-order valence-corrected chi connectivity index (χ0v) is 12.9. The zero-order chi connectivity index (χ0) is 15.5. The van der Waals surface area contributed by atoms with E-state index in [1.807, 2.05) is 22.7 Å². The third kappa shape index (κ3) is 2.79. The second kappa shape index (κ2) is 6.13. The molecule has 0 spiro atoms. The number of rotatable bonds is 4. The van der Waals surface area contributed by atoms with E-state index in [9.17, 15) is 4.79 Å². The minimum absolute atomic E-state index is 0.00933. The van der Waals surface area contributed by atoms with Gasteiger partial charge in [0.1, 0.15) is 17.3 Å². The molecule has 1 amide bonds. The van der Waals surface area contributed by atoms with E-state index in [1.165, 1.54) is 0 Å². The Morgan fingerprint density at radius 1 is 1.32 bits per heavy atom. The topological polar surface area (TPSA) is 75.9 Å². The summed E-state index contributed by atoms with van der Waals surface area (Å²) >= 11 is 0. The van der Waals surface area contributed by atoms with Crippen LogP contribution in [0.5, 0.6) is 0 Å². The lowest BCUT2D eigenvalue weighted by molar-refractivity contribution is -0.129. The second-order valence-corrected chi connectivity index (χ2v) is 5.47. The van der Waals surface area contributed by atoms with Crippen LogP contribution >= 0.6 is 0 Å². The Kier molecular flexibility index (Phi) is 4.04. The van der Waals surface area contributed by atoms with E-state index >= 15 is 0 Å². The Morgan fingerprint density at radius 3 is 2.86 bits per heavy atom. The minimum atomic E-state index is 0.00933. The van der Waals surface area contributed by atoms with Crippen LogP contribution in [0.2, 0.25) is 0 Å². The molecule has 0 aromatic carbocycles. The summed E-state index contributed by atoms with van der Waals surface area (Å²) in [7, 11) is 1.95. The number of nitrogens with one attached hydrogen (secondary N) is 1. The fraction of sp³-hybridized carbons (Fsp3) is 0.467. The summed E-state index contributed by atoms with van der Waals surface area (Å²) in [6.45, 7) is 2.97. The lowest BCUT2D eigenvalue weighted by Crippen LogP contribution is -2.29. The summed E-state index contributed by atoms with van der Waals surface area (Å²) in [5.41, 5.74) is 0.837. The van der Waals surface area contributed by atoms with E-state index in [0.29, 0.717) is 6.54 Å². The maximum absolute atomic E-state index is 11.8. The van der Waals surface area contributed by atoms with Crippen LogP contribution in [0.1, 0.15) is 37.3 Å². The van der Waals surface area contributed by atoms with Crippen molar-refractivity contribution in [2.45, 2.75) is 32.4 Å². The number of nitrogens with zero attached hydrogens (tertiary/aromatic N) is 5. The molecule has 1 aliphatic rings. The number of likely N-dealkylation sites (tertiary alicyclic amines) is 1. The average Bonchev–Trinajstić information content (AvgIpc) is 3.14. The van der Waals surface area contributed by atoms with Crippen molar-refractivity contribution in [3.8, 4) is 0 Å². The maximum Gasteiger partial charge on any atom is 0.220 e. The predicted octanol–water partition coefficient (Wildman–Crippen LogP) is 1.51. The molecular weight excluding hydrogens is 280 g/mol. The molecule has 0 radical (unpaired) electrons. The largest absolute Gasteiger partial charge is 0.361 e. The van der Waals surface area contributed by atoms with Gasteiger partial charge in [-0.2, -0.15) is 0 Å². The third-order valence-electron chi connectivity index (χ3n) is 4.03. The fourth-order valence-electron chi connectivity index (χ4n) is 2.89. The molecule has 1 aliphatic heterocycles. The van der Waals surface area contributed by atoms with Crippen molar-refractivity contribution in [1.29, 1.82) is 0 Å². The van der Waals surface area contributed by atoms with E-state index in [-0.39, 0.29) is 11.9 Å². The van der Waals surface area contributed by atoms with Crippen molar-refractivity contribution < 1.29 is 4.79 Å². The van der Waals surface area contributed by atoms with Crippen molar-refractivity contribution in [2.75, 3.05) is 11.9 Å². The smallest absolute Gasteiger partial charge is 0.220 e. The van der Waals surface area contributed by atoms with Crippen LogP contribution in [0.15, 0.2) is 24.8 Å².